The second-order valence-corrected chi connectivity index (χ2v) is 6.40. The minimum atomic E-state index is -0.0425. The van der Waals surface area contributed by atoms with Crippen LogP contribution in [0, 0.1) is 13.8 Å². The Morgan fingerprint density at radius 3 is 2.26 bits per heavy atom. The van der Waals surface area contributed by atoms with E-state index in [0.717, 1.165) is 22.5 Å². The van der Waals surface area contributed by atoms with E-state index in [9.17, 15) is 4.79 Å². The van der Waals surface area contributed by atoms with Gasteiger partial charge in [-0.3, -0.25) is 14.6 Å². The Morgan fingerprint density at radius 1 is 0.957 bits per heavy atom. The van der Waals surface area contributed by atoms with Crippen molar-refractivity contribution in [2.75, 3.05) is 0 Å². The maximum atomic E-state index is 12.6. The Bertz CT molecular complexity index is 883. The average molecular weight is 306 g/mol. The van der Waals surface area contributed by atoms with Gasteiger partial charge in [0, 0.05) is 0 Å². The van der Waals surface area contributed by atoms with Crippen molar-refractivity contribution in [3.63, 3.8) is 0 Å². The number of hydrogen-bond donors (Lipinski definition) is 1. The number of nitrogens with one attached hydrogen (secondary N) is 1. The van der Waals surface area contributed by atoms with Gasteiger partial charge in [0.05, 0.1) is 16.9 Å². The molecule has 3 rings (SSSR count). The molecule has 0 saturated heterocycles. The highest BCUT2D eigenvalue weighted by Gasteiger charge is 2.20. The fourth-order valence-corrected chi connectivity index (χ4v) is 2.96. The first kappa shape index (κ1) is 15.3. The number of aromatic amines is 1. The van der Waals surface area contributed by atoms with Gasteiger partial charge in [0.1, 0.15) is 0 Å². The molecule has 1 aromatic heterocycles. The number of rotatable bonds is 3. The van der Waals surface area contributed by atoms with E-state index < -0.39 is 0 Å². The summed E-state index contributed by atoms with van der Waals surface area (Å²) in [6.45, 7) is 8.34. The predicted octanol–water partition coefficient (Wildman–Crippen LogP) is 4.57. The molecule has 0 aliphatic rings. The second kappa shape index (κ2) is 5.92. The maximum Gasteiger partial charge on any atom is 0.272 e. The van der Waals surface area contributed by atoms with E-state index in [4.69, 9.17) is 0 Å². The third-order valence-corrected chi connectivity index (χ3v) is 4.08. The molecule has 0 aliphatic carbocycles. The Hall–Kier alpha value is -2.55. The number of hydrogen-bond acceptors (Lipinski definition) is 1. The van der Waals surface area contributed by atoms with Crippen molar-refractivity contribution in [1.29, 1.82) is 0 Å². The van der Waals surface area contributed by atoms with Crippen LogP contribution in [0.4, 0.5) is 0 Å². The van der Waals surface area contributed by atoms with Crippen LogP contribution in [-0.4, -0.2) is 9.78 Å². The van der Waals surface area contributed by atoms with Gasteiger partial charge in [0.2, 0.25) is 0 Å². The standard InChI is InChI=1S/C20H22N2O/c1-13(2)19-18(16-10-8-14(3)9-11-16)20(23)21-22(19)17-7-5-6-15(4)12-17/h5-13H,1-4H3,(H,21,23). The number of benzene rings is 2. The van der Waals surface area contributed by atoms with Crippen molar-refractivity contribution < 1.29 is 0 Å². The lowest BCUT2D eigenvalue weighted by atomic mass is 9.98. The van der Waals surface area contributed by atoms with E-state index >= 15 is 0 Å². The van der Waals surface area contributed by atoms with E-state index in [1.165, 1.54) is 11.1 Å². The molecule has 0 amide bonds. The van der Waals surface area contributed by atoms with Crippen LogP contribution in [-0.2, 0) is 0 Å². The SMILES string of the molecule is Cc1ccc(-c2c(C(C)C)n(-c3cccc(C)c3)[nH]c2=O)cc1. The first-order chi connectivity index (χ1) is 11.0. The Kier molecular flexibility index (Phi) is 3.95. The van der Waals surface area contributed by atoms with Gasteiger partial charge in [-0.05, 0) is 43.0 Å². The van der Waals surface area contributed by atoms with Crippen LogP contribution in [0.15, 0.2) is 53.3 Å². The predicted molar refractivity (Wildman–Crippen MR) is 95.4 cm³/mol. The molecule has 0 bridgehead atoms. The van der Waals surface area contributed by atoms with Crippen LogP contribution in [0.2, 0.25) is 0 Å². The van der Waals surface area contributed by atoms with E-state index in [1.54, 1.807) is 0 Å². The second-order valence-electron chi connectivity index (χ2n) is 6.40. The third-order valence-electron chi connectivity index (χ3n) is 4.08. The molecule has 0 unspecified atom stereocenters. The molecule has 23 heavy (non-hydrogen) atoms. The Labute approximate surface area is 136 Å². The zero-order chi connectivity index (χ0) is 16.6. The quantitative estimate of drug-likeness (QED) is 0.756. The summed E-state index contributed by atoms with van der Waals surface area (Å²) in [5, 5.41) is 3.01. The normalized spacial score (nSPS) is 11.2. The van der Waals surface area contributed by atoms with E-state index in [-0.39, 0.29) is 11.5 Å². The van der Waals surface area contributed by atoms with Crippen molar-refractivity contribution >= 4 is 0 Å². The van der Waals surface area contributed by atoms with Crippen LogP contribution in [0.25, 0.3) is 16.8 Å². The fraction of sp³-hybridized carbons (Fsp3) is 0.250. The molecule has 1 heterocycles. The molecule has 3 aromatic rings. The Morgan fingerprint density at radius 2 is 1.65 bits per heavy atom. The number of nitrogens with zero attached hydrogens (tertiary/aromatic N) is 1. The van der Waals surface area contributed by atoms with Crippen LogP contribution >= 0.6 is 0 Å². The molecule has 0 spiro atoms. The summed E-state index contributed by atoms with van der Waals surface area (Å²) < 4.78 is 1.93. The lowest BCUT2D eigenvalue weighted by Gasteiger charge is -2.14. The maximum absolute atomic E-state index is 12.6. The minimum absolute atomic E-state index is 0.0425. The van der Waals surface area contributed by atoms with Gasteiger partial charge in [-0.2, -0.15) is 0 Å². The van der Waals surface area contributed by atoms with Crippen molar-refractivity contribution in [2.24, 2.45) is 0 Å². The molecule has 118 valence electrons. The minimum Gasteiger partial charge on any atom is -0.267 e. The molecule has 0 aliphatic heterocycles. The molecule has 3 nitrogen and oxygen atoms in total. The van der Waals surface area contributed by atoms with Crippen molar-refractivity contribution in [3.8, 4) is 16.8 Å². The zero-order valence-electron chi connectivity index (χ0n) is 14.1. The summed E-state index contributed by atoms with van der Waals surface area (Å²) in [4.78, 5) is 12.6. The first-order valence-corrected chi connectivity index (χ1v) is 7.96. The zero-order valence-corrected chi connectivity index (χ0v) is 14.1. The van der Waals surface area contributed by atoms with Crippen molar-refractivity contribution in [1.82, 2.24) is 9.78 Å². The lowest BCUT2D eigenvalue weighted by Crippen LogP contribution is -2.06. The molecule has 0 fully saturated rings. The highest BCUT2D eigenvalue weighted by Crippen LogP contribution is 2.28. The largest absolute Gasteiger partial charge is 0.272 e. The molecule has 0 saturated carbocycles. The number of aromatic nitrogens is 2. The van der Waals surface area contributed by atoms with Crippen LogP contribution in [0.5, 0.6) is 0 Å². The molecule has 0 atom stereocenters. The van der Waals surface area contributed by atoms with Gasteiger partial charge in [-0.25, -0.2) is 0 Å². The molecule has 3 heteroatoms. The van der Waals surface area contributed by atoms with E-state index in [0.29, 0.717) is 0 Å². The number of H-pyrrole nitrogens is 1. The highest BCUT2D eigenvalue weighted by molar-refractivity contribution is 5.67. The summed E-state index contributed by atoms with van der Waals surface area (Å²) in [5.41, 5.74) is 6.05. The van der Waals surface area contributed by atoms with Crippen molar-refractivity contribution in [3.05, 3.63) is 75.7 Å². The summed E-state index contributed by atoms with van der Waals surface area (Å²) in [6, 6.07) is 16.3. The van der Waals surface area contributed by atoms with E-state index in [1.807, 2.05) is 41.1 Å². The molecule has 0 radical (unpaired) electrons. The van der Waals surface area contributed by atoms with Crippen LogP contribution in [0.1, 0.15) is 36.6 Å². The van der Waals surface area contributed by atoms with Crippen molar-refractivity contribution in [2.45, 2.75) is 33.6 Å². The number of aryl methyl sites for hydroxylation is 2. The highest BCUT2D eigenvalue weighted by atomic mass is 16.1. The summed E-state index contributed by atoms with van der Waals surface area (Å²) in [5.74, 6) is 0.228. The van der Waals surface area contributed by atoms with Crippen LogP contribution < -0.4 is 5.56 Å². The van der Waals surface area contributed by atoms with Gasteiger partial charge >= 0.3 is 0 Å². The van der Waals surface area contributed by atoms with Gasteiger partial charge in [-0.15, -0.1) is 0 Å². The first-order valence-electron chi connectivity index (χ1n) is 7.96. The molecule has 1 N–H and O–H groups in total. The van der Waals surface area contributed by atoms with Gasteiger partial charge in [0.15, 0.2) is 0 Å². The third kappa shape index (κ3) is 2.87. The lowest BCUT2D eigenvalue weighted by molar-refractivity contribution is 0.731. The topological polar surface area (TPSA) is 37.8 Å². The molecule has 2 aromatic carbocycles. The monoisotopic (exact) mass is 306 g/mol. The summed E-state index contributed by atoms with van der Waals surface area (Å²) in [6.07, 6.45) is 0. The summed E-state index contributed by atoms with van der Waals surface area (Å²) >= 11 is 0. The fourth-order valence-electron chi connectivity index (χ4n) is 2.96. The van der Waals surface area contributed by atoms with Gasteiger partial charge < -0.3 is 0 Å². The summed E-state index contributed by atoms with van der Waals surface area (Å²) in [7, 11) is 0. The van der Waals surface area contributed by atoms with E-state index in [2.05, 4.69) is 44.9 Å². The molecular weight excluding hydrogens is 284 g/mol. The Balaban J connectivity index is 2.26. The van der Waals surface area contributed by atoms with Gasteiger partial charge in [-0.1, -0.05) is 55.8 Å². The average Bonchev–Trinajstić information content (AvgIpc) is 2.86. The van der Waals surface area contributed by atoms with Crippen LogP contribution in [0.3, 0.4) is 0 Å². The smallest absolute Gasteiger partial charge is 0.267 e. The van der Waals surface area contributed by atoms with Gasteiger partial charge in [0.25, 0.3) is 5.56 Å². The molecular formula is C20H22N2O.